The summed E-state index contributed by atoms with van der Waals surface area (Å²) in [6.45, 7) is 0.0147. The van der Waals surface area contributed by atoms with Crippen LogP contribution >= 0.6 is 11.6 Å². The Balaban J connectivity index is 3.14. The minimum atomic E-state index is -0.214. The summed E-state index contributed by atoms with van der Waals surface area (Å²) < 4.78 is 9.82. The van der Waals surface area contributed by atoms with Gasteiger partial charge in [0.2, 0.25) is 0 Å². The molecule has 0 aliphatic carbocycles. The maximum Gasteiger partial charge on any atom is 0.188 e. The molecule has 0 heterocycles. The molecule has 15 heavy (non-hydrogen) atoms. The summed E-state index contributed by atoms with van der Waals surface area (Å²) in [5.74, 6) is 1.65. The highest BCUT2D eigenvalue weighted by atomic mass is 35.5. The number of phenolic OH excluding ortho intramolecular Hbond substituents is 1. The highest BCUT2D eigenvalue weighted by Crippen LogP contribution is 2.34. The molecule has 0 aromatic heterocycles. The summed E-state index contributed by atoms with van der Waals surface area (Å²) >= 11 is 5.67. The molecule has 80 valence electrons. The van der Waals surface area contributed by atoms with Crippen molar-refractivity contribution in [1.82, 2.24) is 0 Å². The maximum absolute atomic E-state index is 10.2. The largest absolute Gasteiger partial charge is 0.506 e. The Kier molecular flexibility index (Phi) is 4.18. The van der Waals surface area contributed by atoms with Gasteiger partial charge in [-0.2, -0.15) is 0 Å². The number of phenols is 1. The third-order valence-corrected chi connectivity index (χ3v) is 1.97. The lowest BCUT2D eigenvalue weighted by atomic mass is 10.2. The van der Waals surface area contributed by atoms with Gasteiger partial charge in [0.05, 0.1) is 10.6 Å². The van der Waals surface area contributed by atoms with Gasteiger partial charge in [-0.15, -0.1) is 0 Å². The second-order valence-electron chi connectivity index (χ2n) is 2.62. The number of rotatable bonds is 4. The molecular weight excluding hydrogens is 220 g/mol. The van der Waals surface area contributed by atoms with E-state index >= 15 is 0 Å². The molecule has 0 fully saturated rings. The molecule has 0 atom stereocenters. The molecule has 1 aromatic rings. The van der Waals surface area contributed by atoms with Gasteiger partial charge in [-0.25, -0.2) is 4.79 Å². The quantitative estimate of drug-likeness (QED) is 0.632. The van der Waals surface area contributed by atoms with Crippen molar-refractivity contribution in [3.05, 3.63) is 22.7 Å². The summed E-state index contributed by atoms with van der Waals surface area (Å²) in [4.78, 5) is 10.2. The first-order valence-corrected chi connectivity index (χ1v) is 4.42. The van der Waals surface area contributed by atoms with Crippen molar-refractivity contribution in [3.8, 4) is 11.5 Å². The van der Waals surface area contributed by atoms with Gasteiger partial charge in [0.15, 0.2) is 6.79 Å². The Hall–Kier alpha value is -1.48. The van der Waals surface area contributed by atoms with E-state index in [1.54, 1.807) is 5.94 Å². The smallest absolute Gasteiger partial charge is 0.188 e. The van der Waals surface area contributed by atoms with Crippen LogP contribution in [0.25, 0.3) is 6.08 Å². The van der Waals surface area contributed by atoms with Crippen molar-refractivity contribution >= 4 is 23.6 Å². The number of methoxy groups -OCH3 is 1. The van der Waals surface area contributed by atoms with Crippen molar-refractivity contribution in [2.24, 2.45) is 0 Å². The monoisotopic (exact) mass is 228 g/mol. The average Bonchev–Trinajstić information content (AvgIpc) is 2.24. The second-order valence-corrected chi connectivity index (χ2v) is 3.03. The van der Waals surface area contributed by atoms with Crippen LogP contribution in [0.1, 0.15) is 5.56 Å². The third-order valence-electron chi connectivity index (χ3n) is 1.66. The normalized spacial score (nSPS) is 9.47. The lowest BCUT2D eigenvalue weighted by Crippen LogP contribution is -2.00. The van der Waals surface area contributed by atoms with Gasteiger partial charge in [-0.3, -0.25) is 0 Å². The van der Waals surface area contributed by atoms with E-state index in [4.69, 9.17) is 21.1 Å². The van der Waals surface area contributed by atoms with E-state index in [-0.39, 0.29) is 23.1 Å². The number of benzene rings is 1. The Morgan fingerprint density at radius 3 is 2.93 bits per heavy atom. The van der Waals surface area contributed by atoms with Crippen LogP contribution < -0.4 is 4.74 Å². The molecule has 5 heteroatoms. The predicted molar refractivity (Wildman–Crippen MR) is 55.8 cm³/mol. The molecular formula is C10H9ClO4. The predicted octanol–water partition coefficient (Wildman–Crippen LogP) is 1.87. The summed E-state index contributed by atoms with van der Waals surface area (Å²) in [5, 5.41) is 9.69. The van der Waals surface area contributed by atoms with Gasteiger partial charge in [-0.1, -0.05) is 11.6 Å². The lowest BCUT2D eigenvalue weighted by molar-refractivity contribution is 0.0508. The standard InChI is InChI=1S/C10H9ClO4/c1-14-6-15-9-3-2-8(11)10(13)7(9)4-5-12/h2-4,13H,6H2,1H3. The molecule has 0 radical (unpaired) electrons. The molecule has 0 unspecified atom stereocenters. The topological polar surface area (TPSA) is 55.8 Å². The van der Waals surface area contributed by atoms with Crippen LogP contribution in [-0.2, 0) is 9.53 Å². The van der Waals surface area contributed by atoms with Crippen molar-refractivity contribution in [3.63, 3.8) is 0 Å². The molecule has 1 rings (SSSR count). The number of hydrogen-bond acceptors (Lipinski definition) is 4. The van der Waals surface area contributed by atoms with E-state index in [0.717, 1.165) is 6.08 Å². The zero-order chi connectivity index (χ0) is 11.3. The molecule has 0 aliphatic heterocycles. The molecule has 4 nitrogen and oxygen atoms in total. The molecule has 1 N–H and O–H groups in total. The maximum atomic E-state index is 10.2. The number of halogens is 1. The van der Waals surface area contributed by atoms with E-state index in [2.05, 4.69) is 0 Å². The Morgan fingerprint density at radius 2 is 2.33 bits per heavy atom. The van der Waals surface area contributed by atoms with Gasteiger partial charge in [-0.05, 0) is 12.1 Å². The number of hydrogen-bond donors (Lipinski definition) is 1. The molecule has 0 spiro atoms. The minimum absolute atomic E-state index is 0.0147. The van der Waals surface area contributed by atoms with Crippen molar-refractivity contribution in [2.45, 2.75) is 0 Å². The van der Waals surface area contributed by atoms with Crippen LogP contribution in [0.5, 0.6) is 11.5 Å². The SMILES string of the molecule is COCOc1ccc(Cl)c(O)c1C=C=O. The summed E-state index contributed by atoms with van der Waals surface area (Å²) in [6.07, 6.45) is 1.05. The fourth-order valence-corrected chi connectivity index (χ4v) is 1.17. The summed E-state index contributed by atoms with van der Waals surface area (Å²) in [7, 11) is 1.46. The molecule has 0 amide bonds. The third kappa shape index (κ3) is 2.73. The zero-order valence-corrected chi connectivity index (χ0v) is 8.75. The fourth-order valence-electron chi connectivity index (χ4n) is 1.01. The zero-order valence-electron chi connectivity index (χ0n) is 7.99. The lowest BCUT2D eigenvalue weighted by Gasteiger charge is -2.09. The number of carbonyl (C=O) groups excluding carboxylic acids is 1. The number of aromatic hydroxyl groups is 1. The molecule has 0 aliphatic rings. The van der Waals surface area contributed by atoms with Crippen molar-refractivity contribution < 1.29 is 19.4 Å². The van der Waals surface area contributed by atoms with Gasteiger partial charge in [0, 0.05) is 13.2 Å². The summed E-state index contributed by atoms with van der Waals surface area (Å²) in [5.41, 5.74) is 0.189. The molecule has 0 saturated heterocycles. The number of ether oxygens (including phenoxy) is 2. The van der Waals surface area contributed by atoms with Crippen LogP contribution in [0.2, 0.25) is 5.02 Å². The fraction of sp³-hybridized carbons (Fsp3) is 0.200. The van der Waals surface area contributed by atoms with E-state index in [0.29, 0.717) is 5.75 Å². The molecule has 1 aromatic carbocycles. The average molecular weight is 229 g/mol. The Bertz CT molecular complexity index is 397. The van der Waals surface area contributed by atoms with Gasteiger partial charge < -0.3 is 14.6 Å². The van der Waals surface area contributed by atoms with Crippen LogP contribution in [0.4, 0.5) is 0 Å². The second kappa shape index (κ2) is 5.41. The Labute approximate surface area is 91.7 Å². The van der Waals surface area contributed by atoms with Crippen LogP contribution in [0.15, 0.2) is 12.1 Å². The van der Waals surface area contributed by atoms with E-state index in [1.807, 2.05) is 0 Å². The molecule has 0 saturated carbocycles. The summed E-state index contributed by atoms with van der Waals surface area (Å²) in [6, 6.07) is 2.99. The van der Waals surface area contributed by atoms with Crippen LogP contribution in [0.3, 0.4) is 0 Å². The van der Waals surface area contributed by atoms with Crippen molar-refractivity contribution in [2.75, 3.05) is 13.9 Å². The van der Waals surface area contributed by atoms with E-state index in [1.165, 1.54) is 19.2 Å². The minimum Gasteiger partial charge on any atom is -0.506 e. The first kappa shape index (κ1) is 11.6. The van der Waals surface area contributed by atoms with Gasteiger partial charge in [0.25, 0.3) is 0 Å². The van der Waals surface area contributed by atoms with Crippen LogP contribution in [0, 0.1) is 0 Å². The van der Waals surface area contributed by atoms with E-state index < -0.39 is 0 Å². The molecule has 0 bridgehead atoms. The highest BCUT2D eigenvalue weighted by molar-refractivity contribution is 6.32. The Morgan fingerprint density at radius 1 is 1.60 bits per heavy atom. The van der Waals surface area contributed by atoms with Crippen molar-refractivity contribution in [1.29, 1.82) is 0 Å². The first-order chi connectivity index (χ1) is 7.20. The van der Waals surface area contributed by atoms with Crippen LogP contribution in [-0.4, -0.2) is 25.0 Å². The highest BCUT2D eigenvalue weighted by Gasteiger charge is 2.10. The van der Waals surface area contributed by atoms with Gasteiger partial charge >= 0.3 is 0 Å². The first-order valence-electron chi connectivity index (χ1n) is 4.04. The van der Waals surface area contributed by atoms with Gasteiger partial charge in [0.1, 0.15) is 17.4 Å². The van der Waals surface area contributed by atoms with E-state index in [9.17, 15) is 9.90 Å².